The number of hydrogen-bond donors (Lipinski definition) is 2. The Hall–Kier alpha value is -2.37. The summed E-state index contributed by atoms with van der Waals surface area (Å²) in [7, 11) is 0. The van der Waals surface area contributed by atoms with E-state index in [1.165, 1.54) is 0 Å². The summed E-state index contributed by atoms with van der Waals surface area (Å²) in [6.07, 6.45) is 0.812. The fraction of sp³-hybridized carbons (Fsp3) is 0.308. The van der Waals surface area contributed by atoms with Crippen molar-refractivity contribution in [2.45, 2.75) is 20.3 Å². The maximum atomic E-state index is 11.9. The van der Waals surface area contributed by atoms with Gasteiger partial charge in [-0.2, -0.15) is 5.10 Å². The zero-order chi connectivity index (χ0) is 13.8. The van der Waals surface area contributed by atoms with E-state index >= 15 is 0 Å². The second kappa shape index (κ2) is 5.51. The van der Waals surface area contributed by atoms with Gasteiger partial charge >= 0.3 is 5.97 Å². The molecule has 0 aliphatic rings. The van der Waals surface area contributed by atoms with Gasteiger partial charge in [-0.3, -0.25) is 10.1 Å². The van der Waals surface area contributed by atoms with Crippen molar-refractivity contribution in [1.82, 2.24) is 15.2 Å². The average molecular weight is 260 g/mol. The van der Waals surface area contributed by atoms with E-state index < -0.39 is 5.97 Å². The van der Waals surface area contributed by atoms with E-state index in [9.17, 15) is 4.79 Å². The molecule has 3 N–H and O–H groups in total. The maximum absolute atomic E-state index is 11.9. The van der Waals surface area contributed by atoms with Crippen molar-refractivity contribution >= 4 is 11.8 Å². The Morgan fingerprint density at radius 1 is 1.42 bits per heavy atom. The monoisotopic (exact) mass is 260 g/mol. The first kappa shape index (κ1) is 13.1. The SMILES string of the molecule is CCOC(=O)c1c(N)n[nH]c1-c1cccc(CC)n1. The average Bonchev–Trinajstić information content (AvgIpc) is 2.81. The van der Waals surface area contributed by atoms with Crippen molar-refractivity contribution < 1.29 is 9.53 Å². The predicted octanol–water partition coefficient (Wildman–Crippen LogP) is 1.79. The molecule has 0 radical (unpaired) electrons. The highest BCUT2D eigenvalue weighted by atomic mass is 16.5. The van der Waals surface area contributed by atoms with Crippen LogP contribution in [0.4, 0.5) is 5.82 Å². The van der Waals surface area contributed by atoms with Crippen molar-refractivity contribution in [2.24, 2.45) is 0 Å². The van der Waals surface area contributed by atoms with Crippen molar-refractivity contribution in [3.8, 4) is 11.4 Å². The highest BCUT2D eigenvalue weighted by Gasteiger charge is 2.21. The fourth-order valence-electron chi connectivity index (χ4n) is 1.77. The fourth-order valence-corrected chi connectivity index (χ4v) is 1.77. The van der Waals surface area contributed by atoms with Crippen molar-refractivity contribution in [2.75, 3.05) is 12.3 Å². The topological polar surface area (TPSA) is 93.9 Å². The molecule has 0 aromatic carbocycles. The maximum Gasteiger partial charge on any atom is 0.344 e. The second-order valence-corrected chi connectivity index (χ2v) is 3.95. The quantitative estimate of drug-likeness (QED) is 0.817. The van der Waals surface area contributed by atoms with Crippen LogP contribution in [0.15, 0.2) is 18.2 Å². The summed E-state index contributed by atoms with van der Waals surface area (Å²) in [6.45, 7) is 4.04. The van der Waals surface area contributed by atoms with Crippen LogP contribution in [0, 0.1) is 0 Å². The number of H-pyrrole nitrogens is 1. The van der Waals surface area contributed by atoms with Crippen LogP contribution in [0.1, 0.15) is 29.9 Å². The van der Waals surface area contributed by atoms with Gasteiger partial charge < -0.3 is 10.5 Å². The number of nitrogens with two attached hydrogens (primary N) is 1. The van der Waals surface area contributed by atoms with Crippen molar-refractivity contribution in [3.05, 3.63) is 29.5 Å². The smallest absolute Gasteiger partial charge is 0.344 e. The van der Waals surface area contributed by atoms with Gasteiger partial charge in [0.1, 0.15) is 11.3 Å². The van der Waals surface area contributed by atoms with Crippen molar-refractivity contribution in [3.63, 3.8) is 0 Å². The Balaban J connectivity index is 2.47. The molecule has 2 aromatic rings. The third kappa shape index (κ3) is 2.57. The van der Waals surface area contributed by atoms with Crippen LogP contribution in [0.25, 0.3) is 11.4 Å². The zero-order valence-electron chi connectivity index (χ0n) is 10.9. The summed E-state index contributed by atoms with van der Waals surface area (Å²) >= 11 is 0. The molecule has 0 atom stereocenters. The molecule has 2 aromatic heterocycles. The first-order valence-electron chi connectivity index (χ1n) is 6.14. The lowest BCUT2D eigenvalue weighted by molar-refractivity contribution is 0.0528. The number of nitrogens with zero attached hydrogens (tertiary/aromatic N) is 2. The van der Waals surface area contributed by atoms with E-state index in [2.05, 4.69) is 15.2 Å². The number of nitrogen functional groups attached to an aromatic ring is 1. The number of rotatable bonds is 4. The molecule has 0 saturated carbocycles. The standard InChI is InChI=1S/C13H16N4O2/c1-3-8-6-5-7-9(15-8)11-10(12(14)17-16-11)13(18)19-4-2/h5-7H,3-4H2,1-2H3,(H3,14,16,17). The summed E-state index contributed by atoms with van der Waals surface area (Å²) in [6, 6.07) is 5.61. The number of aromatic amines is 1. The van der Waals surface area contributed by atoms with Crippen molar-refractivity contribution in [1.29, 1.82) is 0 Å². The first-order chi connectivity index (χ1) is 9.17. The van der Waals surface area contributed by atoms with Gasteiger partial charge in [0.05, 0.1) is 12.3 Å². The largest absolute Gasteiger partial charge is 0.462 e. The van der Waals surface area contributed by atoms with Crippen LogP contribution in [0.5, 0.6) is 0 Å². The van der Waals surface area contributed by atoms with Gasteiger partial charge in [0, 0.05) is 5.69 Å². The number of pyridine rings is 1. The Labute approximate surface area is 111 Å². The van der Waals surface area contributed by atoms with Gasteiger partial charge in [0.15, 0.2) is 5.82 Å². The van der Waals surface area contributed by atoms with E-state index in [0.29, 0.717) is 11.4 Å². The summed E-state index contributed by atoms with van der Waals surface area (Å²) in [5, 5.41) is 6.61. The van der Waals surface area contributed by atoms with Gasteiger partial charge in [-0.25, -0.2) is 4.79 Å². The summed E-state index contributed by atoms with van der Waals surface area (Å²) in [4.78, 5) is 16.3. The predicted molar refractivity (Wildman–Crippen MR) is 71.6 cm³/mol. The minimum absolute atomic E-state index is 0.122. The number of anilines is 1. The molecule has 100 valence electrons. The van der Waals surface area contributed by atoms with Crippen LogP contribution in [0.2, 0.25) is 0 Å². The van der Waals surface area contributed by atoms with E-state index in [1.54, 1.807) is 13.0 Å². The molecule has 0 saturated heterocycles. The van der Waals surface area contributed by atoms with Crippen LogP contribution < -0.4 is 5.73 Å². The van der Waals surface area contributed by atoms with Crippen LogP contribution in [-0.4, -0.2) is 27.8 Å². The zero-order valence-corrected chi connectivity index (χ0v) is 10.9. The molecule has 6 heteroatoms. The van der Waals surface area contributed by atoms with Gasteiger partial charge in [-0.05, 0) is 25.5 Å². The number of carbonyl (C=O) groups is 1. The van der Waals surface area contributed by atoms with E-state index in [4.69, 9.17) is 10.5 Å². The Morgan fingerprint density at radius 3 is 2.89 bits per heavy atom. The first-order valence-corrected chi connectivity index (χ1v) is 6.14. The molecule has 0 unspecified atom stereocenters. The molecule has 19 heavy (non-hydrogen) atoms. The molecule has 0 aliphatic carbocycles. The summed E-state index contributed by atoms with van der Waals surface area (Å²) in [5.41, 5.74) is 8.00. The molecule has 0 bridgehead atoms. The molecule has 2 rings (SSSR count). The molecule has 0 fully saturated rings. The van der Waals surface area contributed by atoms with Gasteiger partial charge in [-0.1, -0.05) is 13.0 Å². The Kier molecular flexibility index (Phi) is 3.79. The van der Waals surface area contributed by atoms with E-state index in [1.807, 2.05) is 19.1 Å². The number of esters is 1. The van der Waals surface area contributed by atoms with Crippen LogP contribution >= 0.6 is 0 Å². The Morgan fingerprint density at radius 2 is 2.21 bits per heavy atom. The molecule has 0 aliphatic heterocycles. The summed E-state index contributed by atoms with van der Waals surface area (Å²) in [5.74, 6) is -0.371. The number of hydrogen-bond acceptors (Lipinski definition) is 5. The van der Waals surface area contributed by atoms with Crippen LogP contribution in [0.3, 0.4) is 0 Å². The normalized spacial score (nSPS) is 10.4. The third-order valence-electron chi connectivity index (χ3n) is 2.70. The number of aromatic nitrogens is 3. The number of carbonyl (C=O) groups excluding carboxylic acids is 1. The van der Waals surface area contributed by atoms with E-state index in [-0.39, 0.29) is 18.0 Å². The third-order valence-corrected chi connectivity index (χ3v) is 2.70. The Bertz CT molecular complexity index is 592. The molecular formula is C13H16N4O2. The number of ether oxygens (including phenoxy) is 1. The lowest BCUT2D eigenvalue weighted by atomic mass is 10.1. The van der Waals surface area contributed by atoms with Crippen LogP contribution in [-0.2, 0) is 11.2 Å². The van der Waals surface area contributed by atoms with Gasteiger partial charge in [0.2, 0.25) is 0 Å². The highest BCUT2D eigenvalue weighted by Crippen LogP contribution is 2.24. The molecule has 0 amide bonds. The van der Waals surface area contributed by atoms with Gasteiger partial charge in [-0.15, -0.1) is 0 Å². The second-order valence-electron chi connectivity index (χ2n) is 3.95. The highest BCUT2D eigenvalue weighted by molar-refractivity contribution is 6.00. The molecular weight excluding hydrogens is 244 g/mol. The number of nitrogens with one attached hydrogen (secondary N) is 1. The molecule has 0 spiro atoms. The minimum atomic E-state index is -0.493. The molecule has 6 nitrogen and oxygen atoms in total. The number of aryl methyl sites for hydroxylation is 1. The van der Waals surface area contributed by atoms with E-state index in [0.717, 1.165) is 12.1 Å². The lowest BCUT2D eigenvalue weighted by Gasteiger charge is -2.04. The lowest BCUT2D eigenvalue weighted by Crippen LogP contribution is -2.08. The summed E-state index contributed by atoms with van der Waals surface area (Å²) < 4.78 is 4.98. The minimum Gasteiger partial charge on any atom is -0.462 e. The molecule has 2 heterocycles. The van der Waals surface area contributed by atoms with Gasteiger partial charge in [0.25, 0.3) is 0 Å².